The molecule has 0 unspecified atom stereocenters. The van der Waals surface area contributed by atoms with Crippen molar-refractivity contribution in [3.05, 3.63) is 47.0 Å². The summed E-state index contributed by atoms with van der Waals surface area (Å²) in [4.78, 5) is 1.67. The van der Waals surface area contributed by atoms with Crippen LogP contribution < -0.4 is 4.90 Å². The lowest BCUT2D eigenvalue weighted by molar-refractivity contribution is -0.137. The zero-order valence-corrected chi connectivity index (χ0v) is 16.3. The van der Waals surface area contributed by atoms with Crippen LogP contribution in [0.25, 0.3) is 11.0 Å². The normalized spacial score (nSPS) is 16.5. The highest BCUT2D eigenvalue weighted by molar-refractivity contribution is 7.89. The van der Waals surface area contributed by atoms with Crippen molar-refractivity contribution in [1.82, 2.24) is 14.6 Å². The van der Waals surface area contributed by atoms with E-state index in [4.69, 9.17) is 11.6 Å². The second-order valence-electron chi connectivity index (χ2n) is 6.44. The Bertz CT molecular complexity index is 1160. The van der Waals surface area contributed by atoms with Gasteiger partial charge in [-0.1, -0.05) is 17.7 Å². The molecule has 1 fully saturated rings. The smallest absolute Gasteiger partial charge is 0.369 e. The Balaban J connectivity index is 1.55. The SMILES string of the molecule is O=S(=O)(c1cccc2nonc12)N1CCN(c2ccc(Cl)c(C(F)(F)F)c2)CC1. The largest absolute Gasteiger partial charge is 0.417 e. The molecular formula is C17H14ClF3N4O3S. The van der Waals surface area contributed by atoms with Crippen molar-refractivity contribution in [3.8, 4) is 0 Å². The fourth-order valence-corrected chi connectivity index (χ4v) is 5.03. The molecule has 3 aromatic rings. The van der Waals surface area contributed by atoms with E-state index in [0.29, 0.717) is 11.2 Å². The van der Waals surface area contributed by atoms with Crippen LogP contribution in [0.5, 0.6) is 0 Å². The summed E-state index contributed by atoms with van der Waals surface area (Å²) >= 11 is 5.66. The Kier molecular flexibility index (Phi) is 4.91. The minimum Gasteiger partial charge on any atom is -0.369 e. The third kappa shape index (κ3) is 3.65. The number of benzene rings is 2. The maximum atomic E-state index is 13.1. The summed E-state index contributed by atoms with van der Waals surface area (Å²) in [7, 11) is -3.86. The van der Waals surface area contributed by atoms with Crippen molar-refractivity contribution >= 4 is 38.3 Å². The number of piperazine rings is 1. The van der Waals surface area contributed by atoms with Gasteiger partial charge in [-0.05, 0) is 40.6 Å². The second kappa shape index (κ2) is 7.15. The molecule has 7 nitrogen and oxygen atoms in total. The lowest BCUT2D eigenvalue weighted by Gasteiger charge is -2.35. The number of halogens is 4. The van der Waals surface area contributed by atoms with E-state index in [0.717, 1.165) is 6.07 Å². The Labute approximate surface area is 168 Å². The average molecular weight is 447 g/mol. The summed E-state index contributed by atoms with van der Waals surface area (Å²) in [6.45, 7) is 0.665. The minimum atomic E-state index is -4.57. The van der Waals surface area contributed by atoms with E-state index in [1.165, 1.54) is 22.5 Å². The molecule has 0 aliphatic carbocycles. The van der Waals surface area contributed by atoms with Gasteiger partial charge in [-0.2, -0.15) is 17.5 Å². The molecule has 0 atom stereocenters. The van der Waals surface area contributed by atoms with E-state index in [1.807, 2.05) is 0 Å². The van der Waals surface area contributed by atoms with E-state index in [2.05, 4.69) is 14.9 Å². The van der Waals surface area contributed by atoms with Gasteiger partial charge in [0, 0.05) is 31.9 Å². The maximum Gasteiger partial charge on any atom is 0.417 e. The van der Waals surface area contributed by atoms with Crippen molar-refractivity contribution < 1.29 is 26.2 Å². The monoisotopic (exact) mass is 446 g/mol. The van der Waals surface area contributed by atoms with Crippen molar-refractivity contribution in [2.24, 2.45) is 0 Å². The summed E-state index contributed by atoms with van der Waals surface area (Å²) in [6.07, 6.45) is -4.57. The van der Waals surface area contributed by atoms with Crippen LogP contribution in [0, 0.1) is 0 Å². The van der Waals surface area contributed by atoms with Gasteiger partial charge in [-0.3, -0.25) is 0 Å². The maximum absolute atomic E-state index is 13.1. The second-order valence-corrected chi connectivity index (χ2v) is 8.75. The molecule has 2 heterocycles. The summed E-state index contributed by atoms with van der Waals surface area (Å²) < 4.78 is 71.2. The van der Waals surface area contributed by atoms with Crippen LogP contribution in [0.1, 0.15) is 5.56 Å². The Hall–Kier alpha value is -2.37. The fraction of sp³-hybridized carbons (Fsp3) is 0.294. The van der Waals surface area contributed by atoms with Crippen LogP contribution in [0.15, 0.2) is 45.9 Å². The predicted octanol–water partition coefficient (Wildman–Crippen LogP) is 3.41. The molecule has 0 amide bonds. The first-order valence-electron chi connectivity index (χ1n) is 8.51. The van der Waals surface area contributed by atoms with Crippen molar-refractivity contribution in [3.63, 3.8) is 0 Å². The third-order valence-electron chi connectivity index (χ3n) is 4.73. The first-order chi connectivity index (χ1) is 13.7. The number of fused-ring (bicyclic) bond motifs is 1. The highest BCUT2D eigenvalue weighted by Crippen LogP contribution is 2.37. The van der Waals surface area contributed by atoms with Gasteiger partial charge >= 0.3 is 6.18 Å². The van der Waals surface area contributed by atoms with E-state index in [9.17, 15) is 21.6 Å². The van der Waals surface area contributed by atoms with Gasteiger partial charge in [0.05, 0.1) is 10.6 Å². The molecule has 12 heteroatoms. The molecule has 29 heavy (non-hydrogen) atoms. The number of nitrogens with zero attached hydrogens (tertiary/aromatic N) is 4. The van der Waals surface area contributed by atoms with Gasteiger partial charge in [0.25, 0.3) is 0 Å². The molecule has 0 radical (unpaired) electrons. The molecule has 1 aliphatic rings. The van der Waals surface area contributed by atoms with Crippen molar-refractivity contribution in [1.29, 1.82) is 0 Å². The topological polar surface area (TPSA) is 79.5 Å². The van der Waals surface area contributed by atoms with Crippen LogP contribution >= 0.6 is 11.6 Å². The highest BCUT2D eigenvalue weighted by atomic mass is 35.5. The molecule has 0 bridgehead atoms. The van der Waals surface area contributed by atoms with Gasteiger partial charge in [-0.25, -0.2) is 13.0 Å². The van der Waals surface area contributed by atoms with Gasteiger partial charge in [0.2, 0.25) is 10.0 Å². The Morgan fingerprint density at radius 2 is 1.76 bits per heavy atom. The molecule has 2 aromatic carbocycles. The number of alkyl halides is 3. The number of rotatable bonds is 3. The lowest BCUT2D eigenvalue weighted by Crippen LogP contribution is -2.48. The number of aromatic nitrogens is 2. The molecule has 0 N–H and O–H groups in total. The molecule has 1 aliphatic heterocycles. The molecule has 0 saturated carbocycles. The zero-order valence-electron chi connectivity index (χ0n) is 14.7. The first-order valence-corrected chi connectivity index (χ1v) is 10.3. The van der Waals surface area contributed by atoms with Gasteiger partial charge in [0.1, 0.15) is 10.4 Å². The van der Waals surface area contributed by atoms with Gasteiger partial charge < -0.3 is 4.90 Å². The summed E-state index contributed by atoms with van der Waals surface area (Å²) in [5, 5.41) is 6.93. The van der Waals surface area contributed by atoms with Crippen molar-refractivity contribution in [2.45, 2.75) is 11.1 Å². The first kappa shape index (κ1) is 19.9. The molecule has 4 rings (SSSR count). The fourth-order valence-electron chi connectivity index (χ4n) is 3.24. The molecule has 154 valence electrons. The van der Waals surface area contributed by atoms with Crippen LogP contribution in [0.2, 0.25) is 5.02 Å². The van der Waals surface area contributed by atoms with Crippen molar-refractivity contribution in [2.75, 3.05) is 31.1 Å². The zero-order chi connectivity index (χ0) is 20.8. The number of sulfonamides is 1. The minimum absolute atomic E-state index is 0.0180. The van der Waals surface area contributed by atoms with Crippen LogP contribution in [-0.4, -0.2) is 49.2 Å². The standard InChI is InChI=1S/C17H14ClF3N4O3S/c18-13-5-4-11(10-12(13)17(19,20)21)24-6-8-25(9-7-24)29(26,27)15-3-1-2-14-16(15)23-28-22-14/h1-5,10H,6-9H2. The Morgan fingerprint density at radius 1 is 1.03 bits per heavy atom. The molecule has 1 aromatic heterocycles. The van der Waals surface area contributed by atoms with E-state index in [-0.39, 0.29) is 41.6 Å². The van der Waals surface area contributed by atoms with Crippen LogP contribution in [0.3, 0.4) is 0 Å². The summed E-state index contributed by atoms with van der Waals surface area (Å²) in [6, 6.07) is 8.21. The number of anilines is 1. The average Bonchev–Trinajstić information content (AvgIpc) is 3.16. The molecule has 0 spiro atoms. The van der Waals surface area contributed by atoms with Gasteiger partial charge in [-0.15, -0.1) is 0 Å². The molecular weight excluding hydrogens is 433 g/mol. The van der Waals surface area contributed by atoms with E-state index >= 15 is 0 Å². The van der Waals surface area contributed by atoms with Gasteiger partial charge in [0.15, 0.2) is 5.52 Å². The third-order valence-corrected chi connectivity index (χ3v) is 6.99. The van der Waals surface area contributed by atoms with E-state index < -0.39 is 21.8 Å². The molecule has 1 saturated heterocycles. The quantitative estimate of drug-likeness (QED) is 0.613. The van der Waals surface area contributed by atoms with Crippen LogP contribution in [-0.2, 0) is 16.2 Å². The number of hydrogen-bond donors (Lipinski definition) is 0. The Morgan fingerprint density at radius 3 is 2.45 bits per heavy atom. The number of hydrogen-bond acceptors (Lipinski definition) is 6. The van der Waals surface area contributed by atoms with E-state index in [1.54, 1.807) is 17.0 Å². The summed E-state index contributed by atoms with van der Waals surface area (Å²) in [5.74, 6) is 0. The lowest BCUT2D eigenvalue weighted by atomic mass is 10.1. The highest BCUT2D eigenvalue weighted by Gasteiger charge is 2.35. The summed E-state index contributed by atoms with van der Waals surface area (Å²) in [5.41, 5.74) is -0.119. The van der Waals surface area contributed by atoms with Crippen LogP contribution in [0.4, 0.5) is 18.9 Å². The predicted molar refractivity (Wildman–Crippen MR) is 99.2 cm³/mol.